The van der Waals surface area contributed by atoms with Crippen molar-refractivity contribution in [1.29, 1.82) is 0 Å². The van der Waals surface area contributed by atoms with Crippen LogP contribution in [-0.4, -0.2) is 62.9 Å². The minimum Gasteiger partial charge on any atom is -0.473 e. The highest BCUT2D eigenvalue weighted by molar-refractivity contribution is 6.27. The average molecular weight is 457 g/mol. The molecule has 2 aromatic rings. The highest BCUT2D eigenvalue weighted by Gasteiger charge is 2.28. The SMILES string of the molecule is CN(Cc1ccccc1)C(=O)C1CCCN(Cc2cccc([N+](=O)[O-])c2)C1.O=C(O)C(=O)O. The molecule has 2 aromatic carbocycles. The Morgan fingerprint density at radius 1 is 1.06 bits per heavy atom. The Hall–Kier alpha value is -3.79. The van der Waals surface area contributed by atoms with Crippen molar-refractivity contribution in [3.05, 3.63) is 75.8 Å². The number of piperidine rings is 1. The van der Waals surface area contributed by atoms with Crippen LogP contribution in [0.15, 0.2) is 54.6 Å². The number of carbonyl (C=O) groups is 3. The summed E-state index contributed by atoms with van der Waals surface area (Å²) in [6.07, 6.45) is 1.86. The van der Waals surface area contributed by atoms with E-state index in [1.165, 1.54) is 6.07 Å². The highest BCUT2D eigenvalue weighted by atomic mass is 16.6. The molecular formula is C23H27N3O7. The first-order chi connectivity index (χ1) is 15.7. The van der Waals surface area contributed by atoms with Gasteiger partial charge in [0.15, 0.2) is 0 Å². The first-order valence-electron chi connectivity index (χ1n) is 10.4. The van der Waals surface area contributed by atoms with Gasteiger partial charge in [-0.05, 0) is 30.5 Å². The normalized spacial score (nSPS) is 15.6. The first-order valence-corrected chi connectivity index (χ1v) is 10.4. The van der Waals surface area contributed by atoms with Crippen molar-refractivity contribution < 1.29 is 29.5 Å². The van der Waals surface area contributed by atoms with E-state index in [4.69, 9.17) is 19.8 Å². The average Bonchev–Trinajstić information content (AvgIpc) is 2.80. The van der Waals surface area contributed by atoms with Gasteiger partial charge < -0.3 is 15.1 Å². The Bertz CT molecular complexity index is 969. The minimum atomic E-state index is -1.82. The molecule has 0 saturated carbocycles. The standard InChI is InChI=1S/C21H25N3O3.C2H2O4/c1-22(14-17-7-3-2-4-8-17)21(25)19-10-6-12-23(16-19)15-18-9-5-11-20(13-18)24(26)27;3-1(4)2(5)6/h2-5,7-9,11,13,19H,6,10,12,14-16H2,1H3;(H,3,4)(H,5,6). The molecule has 0 aliphatic carbocycles. The van der Waals surface area contributed by atoms with E-state index in [1.807, 2.05) is 43.4 Å². The summed E-state index contributed by atoms with van der Waals surface area (Å²) < 4.78 is 0. The summed E-state index contributed by atoms with van der Waals surface area (Å²) in [4.78, 5) is 45.7. The predicted octanol–water partition coefficient (Wildman–Crippen LogP) is 2.62. The third-order valence-electron chi connectivity index (χ3n) is 5.20. The topological polar surface area (TPSA) is 141 Å². The zero-order chi connectivity index (χ0) is 24.4. The fourth-order valence-corrected chi connectivity index (χ4v) is 3.67. The van der Waals surface area contributed by atoms with Crippen molar-refractivity contribution in [2.45, 2.75) is 25.9 Å². The van der Waals surface area contributed by atoms with Gasteiger partial charge >= 0.3 is 11.9 Å². The summed E-state index contributed by atoms with van der Waals surface area (Å²) in [5.74, 6) is -3.50. The van der Waals surface area contributed by atoms with Gasteiger partial charge in [0, 0.05) is 38.8 Å². The lowest BCUT2D eigenvalue weighted by Crippen LogP contribution is -2.43. The molecule has 1 amide bonds. The lowest BCUT2D eigenvalue weighted by molar-refractivity contribution is -0.384. The zero-order valence-electron chi connectivity index (χ0n) is 18.3. The maximum absolute atomic E-state index is 12.9. The molecule has 1 aliphatic heterocycles. The number of non-ortho nitro benzene ring substituents is 1. The molecule has 0 spiro atoms. The summed E-state index contributed by atoms with van der Waals surface area (Å²) in [5.41, 5.74) is 2.15. The van der Waals surface area contributed by atoms with Crippen LogP contribution >= 0.6 is 0 Å². The van der Waals surface area contributed by atoms with Crippen LogP contribution in [0.2, 0.25) is 0 Å². The summed E-state index contributed by atoms with van der Waals surface area (Å²) >= 11 is 0. The second kappa shape index (κ2) is 12.3. The number of carbonyl (C=O) groups excluding carboxylic acids is 1. The Morgan fingerprint density at radius 2 is 1.70 bits per heavy atom. The maximum Gasteiger partial charge on any atom is 0.414 e. The van der Waals surface area contributed by atoms with Gasteiger partial charge in [0.2, 0.25) is 5.91 Å². The maximum atomic E-state index is 12.9. The molecule has 1 heterocycles. The van der Waals surface area contributed by atoms with Crippen LogP contribution in [0.5, 0.6) is 0 Å². The quantitative estimate of drug-likeness (QED) is 0.383. The van der Waals surface area contributed by atoms with Crippen LogP contribution in [0.1, 0.15) is 24.0 Å². The highest BCUT2D eigenvalue weighted by Crippen LogP contribution is 2.22. The molecule has 1 fully saturated rings. The van der Waals surface area contributed by atoms with E-state index >= 15 is 0 Å². The number of rotatable bonds is 6. The fourth-order valence-electron chi connectivity index (χ4n) is 3.67. The first kappa shape index (κ1) is 25.5. The minimum absolute atomic E-state index is 0.0221. The van der Waals surface area contributed by atoms with Gasteiger partial charge in [-0.2, -0.15) is 0 Å². The van der Waals surface area contributed by atoms with E-state index < -0.39 is 11.9 Å². The van der Waals surface area contributed by atoms with Crippen LogP contribution in [-0.2, 0) is 27.5 Å². The Kier molecular flexibility index (Phi) is 9.49. The molecule has 33 heavy (non-hydrogen) atoms. The smallest absolute Gasteiger partial charge is 0.414 e. The van der Waals surface area contributed by atoms with Crippen molar-refractivity contribution in [3.63, 3.8) is 0 Å². The van der Waals surface area contributed by atoms with Crippen LogP contribution in [0.4, 0.5) is 5.69 Å². The molecule has 10 nitrogen and oxygen atoms in total. The summed E-state index contributed by atoms with van der Waals surface area (Å²) in [5, 5.41) is 25.7. The number of nitrogens with zero attached hydrogens (tertiary/aromatic N) is 3. The Labute approximate surface area is 191 Å². The molecular weight excluding hydrogens is 430 g/mol. The second-order valence-electron chi connectivity index (χ2n) is 7.79. The Balaban J connectivity index is 0.000000569. The molecule has 2 N–H and O–H groups in total. The van der Waals surface area contributed by atoms with Crippen molar-refractivity contribution in [2.75, 3.05) is 20.1 Å². The molecule has 1 atom stereocenters. The molecule has 1 aliphatic rings. The van der Waals surface area contributed by atoms with Crippen molar-refractivity contribution in [1.82, 2.24) is 9.80 Å². The van der Waals surface area contributed by atoms with Crippen LogP contribution in [0, 0.1) is 16.0 Å². The number of aliphatic carboxylic acids is 2. The van der Waals surface area contributed by atoms with Gasteiger partial charge in [0.1, 0.15) is 0 Å². The summed E-state index contributed by atoms with van der Waals surface area (Å²) in [6, 6.07) is 16.7. The lowest BCUT2D eigenvalue weighted by atomic mass is 9.96. The van der Waals surface area contributed by atoms with Gasteiger partial charge in [-0.25, -0.2) is 9.59 Å². The van der Waals surface area contributed by atoms with E-state index in [1.54, 1.807) is 17.0 Å². The molecule has 0 bridgehead atoms. The van der Waals surface area contributed by atoms with Crippen molar-refractivity contribution in [2.24, 2.45) is 5.92 Å². The molecule has 176 valence electrons. The van der Waals surface area contributed by atoms with Crippen LogP contribution in [0.3, 0.4) is 0 Å². The van der Waals surface area contributed by atoms with Gasteiger partial charge in [-0.3, -0.25) is 19.8 Å². The third-order valence-corrected chi connectivity index (χ3v) is 5.20. The number of carboxylic acids is 2. The van der Waals surface area contributed by atoms with E-state index in [2.05, 4.69) is 4.90 Å². The van der Waals surface area contributed by atoms with Gasteiger partial charge in [0.25, 0.3) is 5.69 Å². The molecule has 3 rings (SSSR count). The largest absolute Gasteiger partial charge is 0.473 e. The fraction of sp³-hybridized carbons (Fsp3) is 0.348. The molecule has 1 unspecified atom stereocenters. The second-order valence-corrected chi connectivity index (χ2v) is 7.79. The monoisotopic (exact) mass is 457 g/mol. The number of benzene rings is 2. The number of hydrogen-bond acceptors (Lipinski definition) is 6. The molecule has 0 aromatic heterocycles. The number of nitro groups is 1. The van der Waals surface area contributed by atoms with E-state index in [0.29, 0.717) is 19.6 Å². The van der Waals surface area contributed by atoms with Gasteiger partial charge in [-0.1, -0.05) is 42.5 Å². The number of nitro benzene ring substituents is 1. The summed E-state index contributed by atoms with van der Waals surface area (Å²) in [6.45, 7) is 2.85. The molecule has 10 heteroatoms. The van der Waals surface area contributed by atoms with E-state index in [0.717, 1.165) is 30.5 Å². The van der Waals surface area contributed by atoms with Crippen molar-refractivity contribution in [3.8, 4) is 0 Å². The molecule has 0 radical (unpaired) electrons. The number of carboxylic acid groups (broad SMARTS) is 2. The van der Waals surface area contributed by atoms with Crippen LogP contribution < -0.4 is 0 Å². The number of hydrogen-bond donors (Lipinski definition) is 2. The predicted molar refractivity (Wildman–Crippen MR) is 119 cm³/mol. The summed E-state index contributed by atoms with van der Waals surface area (Å²) in [7, 11) is 1.86. The number of likely N-dealkylation sites (tertiary alicyclic amines) is 1. The van der Waals surface area contributed by atoms with Crippen molar-refractivity contribution >= 4 is 23.5 Å². The Morgan fingerprint density at radius 3 is 2.30 bits per heavy atom. The lowest BCUT2D eigenvalue weighted by Gasteiger charge is -2.34. The number of amides is 1. The van der Waals surface area contributed by atoms with Gasteiger partial charge in [0.05, 0.1) is 10.8 Å². The zero-order valence-corrected chi connectivity index (χ0v) is 18.3. The van der Waals surface area contributed by atoms with Crippen LogP contribution in [0.25, 0.3) is 0 Å². The third kappa shape index (κ3) is 8.34. The molecule has 1 saturated heterocycles. The van der Waals surface area contributed by atoms with E-state index in [-0.39, 0.29) is 22.4 Å². The van der Waals surface area contributed by atoms with Gasteiger partial charge in [-0.15, -0.1) is 0 Å². The van der Waals surface area contributed by atoms with E-state index in [9.17, 15) is 14.9 Å².